The second-order valence-corrected chi connectivity index (χ2v) is 7.01. The topological polar surface area (TPSA) is 58.6 Å². The van der Waals surface area contributed by atoms with Crippen molar-refractivity contribution in [2.45, 2.75) is 11.4 Å². The van der Waals surface area contributed by atoms with E-state index < -0.39 is 10.0 Å². The third-order valence-corrected chi connectivity index (χ3v) is 4.93. The number of hydrogen-bond donors (Lipinski definition) is 1. The molecule has 1 heterocycles. The molecule has 3 rings (SSSR count). The molecule has 0 fully saturated rings. The maximum atomic E-state index is 12.3. The van der Waals surface area contributed by atoms with Crippen LogP contribution in [0.25, 0.3) is 0 Å². The Morgan fingerprint density at radius 3 is 2.68 bits per heavy atom. The van der Waals surface area contributed by atoms with Gasteiger partial charge in [-0.3, -0.25) is 9.62 Å². The minimum atomic E-state index is -3.57. The number of nitrogens with one attached hydrogen (secondary N) is 1. The summed E-state index contributed by atoms with van der Waals surface area (Å²) in [6, 6.07) is 13.7. The summed E-state index contributed by atoms with van der Waals surface area (Å²) in [6.07, 6.45) is 0. The molecular formula is C16H18N2O3S. The van der Waals surface area contributed by atoms with Gasteiger partial charge < -0.3 is 4.74 Å². The van der Waals surface area contributed by atoms with Crippen LogP contribution < -0.4 is 9.46 Å². The predicted octanol–water partition coefficient (Wildman–Crippen LogP) is 2.31. The molecule has 0 bridgehead atoms. The maximum Gasteiger partial charge on any atom is 0.261 e. The molecule has 6 heteroatoms. The molecule has 1 aliphatic rings. The maximum absolute atomic E-state index is 12.3. The standard InChI is InChI=1S/C16H18N2O3S/c1-18-9-10-21-16-8-7-14(11-13(16)12-18)17-22(19,20)15-5-3-2-4-6-15/h2-8,11,17H,9-10,12H2,1H3. The molecule has 2 aromatic carbocycles. The van der Waals surface area contributed by atoms with Crippen LogP contribution in [0.4, 0.5) is 5.69 Å². The molecule has 0 radical (unpaired) electrons. The summed E-state index contributed by atoms with van der Waals surface area (Å²) in [6.45, 7) is 2.22. The Morgan fingerprint density at radius 1 is 1.14 bits per heavy atom. The van der Waals surface area contributed by atoms with Crippen molar-refractivity contribution >= 4 is 15.7 Å². The van der Waals surface area contributed by atoms with Crippen molar-refractivity contribution in [2.24, 2.45) is 0 Å². The Bertz CT molecular complexity index is 760. The first-order chi connectivity index (χ1) is 10.5. The fourth-order valence-corrected chi connectivity index (χ4v) is 3.47. The SMILES string of the molecule is CN1CCOc2ccc(NS(=O)(=O)c3ccccc3)cc2C1. The van der Waals surface area contributed by atoms with E-state index >= 15 is 0 Å². The summed E-state index contributed by atoms with van der Waals surface area (Å²) >= 11 is 0. The van der Waals surface area contributed by atoms with Crippen LogP contribution in [0.3, 0.4) is 0 Å². The highest BCUT2D eigenvalue weighted by Crippen LogP contribution is 2.27. The lowest BCUT2D eigenvalue weighted by Crippen LogP contribution is -2.20. The van der Waals surface area contributed by atoms with Crippen molar-refractivity contribution in [1.82, 2.24) is 4.90 Å². The number of hydrogen-bond acceptors (Lipinski definition) is 4. The van der Waals surface area contributed by atoms with Gasteiger partial charge in [-0.05, 0) is 37.4 Å². The van der Waals surface area contributed by atoms with Crippen molar-refractivity contribution in [3.8, 4) is 5.75 Å². The number of nitrogens with zero attached hydrogens (tertiary/aromatic N) is 1. The Kier molecular flexibility index (Phi) is 4.04. The van der Waals surface area contributed by atoms with E-state index in [-0.39, 0.29) is 4.90 Å². The van der Waals surface area contributed by atoms with E-state index in [4.69, 9.17) is 4.74 Å². The van der Waals surface area contributed by atoms with Crippen molar-refractivity contribution < 1.29 is 13.2 Å². The van der Waals surface area contributed by atoms with Crippen LogP contribution in [0.1, 0.15) is 5.56 Å². The summed E-state index contributed by atoms with van der Waals surface area (Å²) in [5, 5.41) is 0. The van der Waals surface area contributed by atoms with Gasteiger partial charge in [0.2, 0.25) is 0 Å². The van der Waals surface area contributed by atoms with Gasteiger partial charge in [-0.2, -0.15) is 0 Å². The number of ether oxygens (including phenoxy) is 1. The highest BCUT2D eigenvalue weighted by molar-refractivity contribution is 7.92. The van der Waals surface area contributed by atoms with Crippen LogP contribution in [0, 0.1) is 0 Å². The van der Waals surface area contributed by atoms with E-state index in [9.17, 15) is 8.42 Å². The Labute approximate surface area is 130 Å². The van der Waals surface area contributed by atoms with Crippen LogP contribution >= 0.6 is 0 Å². The quantitative estimate of drug-likeness (QED) is 0.943. The molecule has 0 saturated heterocycles. The van der Waals surface area contributed by atoms with Gasteiger partial charge in [0.25, 0.3) is 10.0 Å². The molecular weight excluding hydrogens is 300 g/mol. The smallest absolute Gasteiger partial charge is 0.261 e. The summed E-state index contributed by atoms with van der Waals surface area (Å²) in [5.41, 5.74) is 1.52. The average molecular weight is 318 g/mol. The molecule has 0 atom stereocenters. The second kappa shape index (κ2) is 5.98. The molecule has 2 aromatic rings. The zero-order chi connectivity index (χ0) is 15.6. The Morgan fingerprint density at radius 2 is 1.91 bits per heavy atom. The lowest BCUT2D eigenvalue weighted by Gasteiger charge is -2.13. The second-order valence-electron chi connectivity index (χ2n) is 5.33. The van der Waals surface area contributed by atoms with Gasteiger partial charge >= 0.3 is 0 Å². The first kappa shape index (κ1) is 14.9. The van der Waals surface area contributed by atoms with Crippen molar-refractivity contribution in [3.05, 3.63) is 54.1 Å². The molecule has 116 valence electrons. The molecule has 0 saturated carbocycles. The molecule has 0 aromatic heterocycles. The number of benzene rings is 2. The Hall–Kier alpha value is -2.05. The monoisotopic (exact) mass is 318 g/mol. The number of fused-ring (bicyclic) bond motifs is 1. The highest BCUT2D eigenvalue weighted by atomic mass is 32.2. The summed E-state index contributed by atoms with van der Waals surface area (Å²) in [5.74, 6) is 0.812. The number of likely N-dealkylation sites (N-methyl/N-ethyl adjacent to an activating group) is 1. The minimum Gasteiger partial charge on any atom is -0.492 e. The van der Waals surface area contributed by atoms with Crippen LogP contribution in [0.5, 0.6) is 5.75 Å². The van der Waals surface area contributed by atoms with Crippen molar-refractivity contribution in [1.29, 1.82) is 0 Å². The zero-order valence-electron chi connectivity index (χ0n) is 12.3. The number of sulfonamides is 1. The van der Waals surface area contributed by atoms with Crippen molar-refractivity contribution in [3.63, 3.8) is 0 Å². The van der Waals surface area contributed by atoms with Gasteiger partial charge in [0, 0.05) is 24.3 Å². The van der Waals surface area contributed by atoms with E-state index in [0.717, 1.165) is 24.4 Å². The summed E-state index contributed by atoms with van der Waals surface area (Å²) in [7, 11) is -1.55. The highest BCUT2D eigenvalue weighted by Gasteiger charge is 2.16. The summed E-state index contributed by atoms with van der Waals surface area (Å²) < 4.78 is 33.0. The van der Waals surface area contributed by atoms with Gasteiger partial charge in [-0.1, -0.05) is 18.2 Å². The lowest BCUT2D eigenvalue weighted by atomic mass is 10.1. The van der Waals surface area contributed by atoms with E-state index in [0.29, 0.717) is 12.3 Å². The molecule has 5 nitrogen and oxygen atoms in total. The number of anilines is 1. The van der Waals surface area contributed by atoms with E-state index in [1.807, 2.05) is 19.2 Å². The average Bonchev–Trinajstić information content (AvgIpc) is 2.68. The number of rotatable bonds is 3. The first-order valence-electron chi connectivity index (χ1n) is 7.07. The van der Waals surface area contributed by atoms with Gasteiger partial charge in [0.15, 0.2) is 0 Å². The first-order valence-corrected chi connectivity index (χ1v) is 8.55. The molecule has 22 heavy (non-hydrogen) atoms. The predicted molar refractivity (Wildman–Crippen MR) is 85.5 cm³/mol. The van der Waals surface area contributed by atoms with Crippen molar-refractivity contribution in [2.75, 3.05) is 24.9 Å². The fraction of sp³-hybridized carbons (Fsp3) is 0.250. The molecule has 0 amide bonds. The fourth-order valence-electron chi connectivity index (χ4n) is 2.40. The molecule has 1 N–H and O–H groups in total. The van der Waals surface area contributed by atoms with E-state index in [1.165, 1.54) is 0 Å². The largest absolute Gasteiger partial charge is 0.492 e. The van der Waals surface area contributed by atoms with E-state index in [2.05, 4.69) is 9.62 Å². The third-order valence-electron chi connectivity index (χ3n) is 3.54. The third kappa shape index (κ3) is 3.23. The van der Waals surface area contributed by atoms with Gasteiger partial charge in [-0.25, -0.2) is 8.42 Å². The molecule has 0 unspecified atom stereocenters. The van der Waals surface area contributed by atoms with Gasteiger partial charge in [0.1, 0.15) is 12.4 Å². The normalized spacial score (nSPS) is 15.5. The minimum absolute atomic E-state index is 0.248. The van der Waals surface area contributed by atoms with Crippen LogP contribution in [-0.4, -0.2) is 33.5 Å². The van der Waals surface area contributed by atoms with Gasteiger partial charge in [0.05, 0.1) is 4.90 Å². The van der Waals surface area contributed by atoms with Crippen LogP contribution in [-0.2, 0) is 16.6 Å². The lowest BCUT2D eigenvalue weighted by molar-refractivity contribution is 0.259. The zero-order valence-corrected chi connectivity index (χ0v) is 13.1. The van der Waals surface area contributed by atoms with Crippen LogP contribution in [0.2, 0.25) is 0 Å². The molecule has 0 spiro atoms. The van der Waals surface area contributed by atoms with Crippen LogP contribution in [0.15, 0.2) is 53.4 Å². The van der Waals surface area contributed by atoms with E-state index in [1.54, 1.807) is 36.4 Å². The van der Waals surface area contributed by atoms with Gasteiger partial charge in [-0.15, -0.1) is 0 Å². The molecule has 1 aliphatic heterocycles. The summed E-state index contributed by atoms with van der Waals surface area (Å²) in [4.78, 5) is 2.39. The molecule has 0 aliphatic carbocycles. The Balaban J connectivity index is 1.87.